The number of alkyl halides is 6. The molecule has 0 radical (unpaired) electrons. The fraction of sp³-hybridized carbons (Fsp3) is 0.314. The second kappa shape index (κ2) is 16.6. The second-order valence-electron chi connectivity index (χ2n) is 10.2. The van der Waals surface area contributed by atoms with E-state index >= 15 is 0 Å². The number of unbranched alkanes of at least 4 members (excludes halogenated alkanes) is 6. The van der Waals surface area contributed by atoms with E-state index in [0.717, 1.165) is 48.4 Å². The molecule has 0 saturated carbocycles. The van der Waals surface area contributed by atoms with Crippen LogP contribution < -0.4 is 4.74 Å². The van der Waals surface area contributed by atoms with E-state index in [-0.39, 0.29) is 11.5 Å². The van der Waals surface area contributed by atoms with Crippen LogP contribution >= 0.6 is 0 Å². The molecule has 0 N–H and O–H groups in total. The van der Waals surface area contributed by atoms with Crippen LogP contribution in [0.4, 0.5) is 26.3 Å². The molecule has 0 bridgehead atoms. The molecule has 0 aromatic heterocycles. The Labute approximate surface area is 249 Å². The van der Waals surface area contributed by atoms with Gasteiger partial charge < -0.3 is 9.47 Å². The first-order valence-corrected chi connectivity index (χ1v) is 14.3. The summed E-state index contributed by atoms with van der Waals surface area (Å²) in [7, 11) is 0. The van der Waals surface area contributed by atoms with Gasteiger partial charge in [0.15, 0.2) is 0 Å². The molecule has 0 unspecified atom stereocenters. The van der Waals surface area contributed by atoms with E-state index in [4.69, 9.17) is 0 Å². The number of benzene rings is 3. The molecule has 0 aliphatic carbocycles. The minimum Gasteiger partial charge on any atom is -0.406 e. The summed E-state index contributed by atoms with van der Waals surface area (Å²) < 4.78 is 81.6. The Balaban J connectivity index is 1.26. The maximum absolute atomic E-state index is 12.3. The van der Waals surface area contributed by atoms with E-state index in [2.05, 4.69) is 28.2 Å². The molecule has 0 saturated heterocycles. The predicted molar refractivity (Wildman–Crippen MR) is 159 cm³/mol. The number of halogens is 6. The van der Waals surface area contributed by atoms with Gasteiger partial charge in [0.1, 0.15) is 11.5 Å². The Kier molecular flexibility index (Phi) is 13.0. The lowest BCUT2D eigenvalue weighted by atomic mass is 10.00. The van der Waals surface area contributed by atoms with Crippen LogP contribution in [0.5, 0.6) is 5.75 Å². The lowest BCUT2D eigenvalue weighted by Gasteiger charge is -2.09. The van der Waals surface area contributed by atoms with E-state index in [1.165, 1.54) is 67.5 Å². The van der Waals surface area contributed by atoms with E-state index in [9.17, 15) is 26.3 Å². The van der Waals surface area contributed by atoms with E-state index in [1.54, 1.807) is 18.2 Å². The summed E-state index contributed by atoms with van der Waals surface area (Å²) in [5.74, 6) is -0.590. The van der Waals surface area contributed by atoms with Gasteiger partial charge in [-0.2, -0.15) is 0 Å². The molecule has 8 heteroatoms. The van der Waals surface area contributed by atoms with Gasteiger partial charge in [-0.3, -0.25) is 0 Å². The van der Waals surface area contributed by atoms with Crippen LogP contribution in [0.2, 0.25) is 0 Å². The molecule has 0 spiro atoms. The van der Waals surface area contributed by atoms with Crippen LogP contribution in [0.3, 0.4) is 0 Å². The zero-order valence-electron chi connectivity index (χ0n) is 23.9. The SMILES string of the molecule is C=C/C(=C\C=C\c1ccc(CCCCCCCCCc2ccc(-c3ccc(OC(F)(F)F)cc3)cc2)cc1)OC(F)(F)F. The topological polar surface area (TPSA) is 18.5 Å². The monoisotopic (exact) mass is 602 g/mol. The highest BCUT2D eigenvalue weighted by atomic mass is 19.4. The largest absolute Gasteiger partial charge is 0.573 e. The van der Waals surface area contributed by atoms with Crippen LogP contribution in [0.15, 0.2) is 103 Å². The smallest absolute Gasteiger partial charge is 0.406 e. The molecule has 3 rings (SSSR count). The lowest BCUT2D eigenvalue weighted by molar-refractivity contribution is -0.303. The van der Waals surface area contributed by atoms with Gasteiger partial charge in [-0.25, -0.2) is 0 Å². The van der Waals surface area contributed by atoms with Crippen molar-refractivity contribution in [3.8, 4) is 16.9 Å². The predicted octanol–water partition coefficient (Wildman–Crippen LogP) is 11.4. The molecule has 0 aliphatic rings. The summed E-state index contributed by atoms with van der Waals surface area (Å²) >= 11 is 0. The van der Waals surface area contributed by atoms with Crippen molar-refractivity contribution in [1.82, 2.24) is 0 Å². The Hall–Kier alpha value is -3.94. The highest BCUT2D eigenvalue weighted by Crippen LogP contribution is 2.27. The van der Waals surface area contributed by atoms with E-state index in [0.29, 0.717) is 0 Å². The van der Waals surface area contributed by atoms with Gasteiger partial charge in [0.2, 0.25) is 0 Å². The molecule has 0 aliphatic heterocycles. The third-order valence-electron chi connectivity index (χ3n) is 6.77. The first-order chi connectivity index (χ1) is 20.5. The molecule has 3 aromatic rings. The second-order valence-corrected chi connectivity index (χ2v) is 10.2. The van der Waals surface area contributed by atoms with Crippen molar-refractivity contribution in [3.63, 3.8) is 0 Å². The van der Waals surface area contributed by atoms with Crippen molar-refractivity contribution in [3.05, 3.63) is 120 Å². The molecule has 43 heavy (non-hydrogen) atoms. The number of ether oxygens (including phenoxy) is 2. The van der Waals surface area contributed by atoms with Gasteiger partial charge in [0.05, 0.1) is 0 Å². The Morgan fingerprint density at radius 2 is 1.07 bits per heavy atom. The number of rotatable bonds is 16. The van der Waals surface area contributed by atoms with Crippen molar-refractivity contribution in [2.24, 2.45) is 0 Å². The average molecular weight is 603 g/mol. The van der Waals surface area contributed by atoms with Gasteiger partial charge in [-0.1, -0.05) is 111 Å². The first-order valence-electron chi connectivity index (χ1n) is 14.3. The molecular formula is C35H36F6O2. The summed E-state index contributed by atoms with van der Waals surface area (Å²) in [6.45, 7) is 3.32. The van der Waals surface area contributed by atoms with Gasteiger partial charge in [-0.05, 0) is 77.8 Å². The third kappa shape index (κ3) is 13.7. The maximum Gasteiger partial charge on any atom is 0.573 e. The van der Waals surface area contributed by atoms with E-state index in [1.807, 2.05) is 36.4 Å². The van der Waals surface area contributed by atoms with Gasteiger partial charge in [0, 0.05) is 0 Å². The Bertz CT molecular complexity index is 1300. The number of aryl methyl sites for hydroxylation is 2. The van der Waals surface area contributed by atoms with Crippen molar-refractivity contribution in [2.45, 2.75) is 70.5 Å². The van der Waals surface area contributed by atoms with Crippen molar-refractivity contribution in [2.75, 3.05) is 0 Å². The molecule has 230 valence electrons. The van der Waals surface area contributed by atoms with Gasteiger partial charge in [-0.15, -0.1) is 26.3 Å². The standard InChI is InChI=1S/C35H36F6O2/c1-2-32(42-34(36,37)38)14-10-13-29-17-15-27(16-18-29)11-8-6-4-3-5-7-9-12-28-19-21-30(22-20-28)31-23-25-33(26-24-31)43-35(39,40)41/h2,10,13-26H,1,3-9,11-12H2/b13-10+,32-14+. The maximum atomic E-state index is 12.3. The zero-order valence-corrected chi connectivity index (χ0v) is 23.9. The quantitative estimate of drug-likeness (QED) is 0.0703. The fourth-order valence-corrected chi connectivity index (χ4v) is 4.58. The zero-order chi connectivity index (χ0) is 31.1. The summed E-state index contributed by atoms with van der Waals surface area (Å²) in [5.41, 5.74) is 5.15. The fourth-order valence-electron chi connectivity index (χ4n) is 4.58. The van der Waals surface area contributed by atoms with Crippen molar-refractivity contribution >= 4 is 6.08 Å². The molecule has 0 fully saturated rings. The normalized spacial score (nSPS) is 12.5. The highest BCUT2D eigenvalue weighted by Gasteiger charge is 2.31. The Morgan fingerprint density at radius 3 is 1.53 bits per heavy atom. The van der Waals surface area contributed by atoms with Crippen molar-refractivity contribution < 1.29 is 35.8 Å². The summed E-state index contributed by atoms with van der Waals surface area (Å²) in [4.78, 5) is 0. The molecule has 0 heterocycles. The van der Waals surface area contributed by atoms with Crippen LogP contribution in [0.25, 0.3) is 17.2 Å². The van der Waals surface area contributed by atoms with Crippen LogP contribution in [0.1, 0.15) is 61.6 Å². The first kappa shape index (κ1) is 33.6. The molecular weight excluding hydrogens is 566 g/mol. The molecule has 0 atom stereocenters. The van der Waals surface area contributed by atoms with Crippen LogP contribution in [-0.4, -0.2) is 12.7 Å². The molecule has 0 amide bonds. The number of allylic oxidation sites excluding steroid dienone is 3. The number of hydrogen-bond donors (Lipinski definition) is 0. The third-order valence-corrected chi connectivity index (χ3v) is 6.77. The summed E-state index contributed by atoms with van der Waals surface area (Å²) in [6, 6.07) is 22.0. The minimum absolute atomic E-state index is 0.230. The average Bonchev–Trinajstić information content (AvgIpc) is 2.96. The van der Waals surface area contributed by atoms with Crippen LogP contribution in [-0.2, 0) is 17.6 Å². The van der Waals surface area contributed by atoms with Crippen LogP contribution in [0, 0.1) is 0 Å². The van der Waals surface area contributed by atoms with Gasteiger partial charge in [0.25, 0.3) is 0 Å². The lowest BCUT2D eigenvalue weighted by Crippen LogP contribution is -2.16. The minimum atomic E-state index is -4.74. The summed E-state index contributed by atoms with van der Waals surface area (Å²) in [5, 5.41) is 0. The van der Waals surface area contributed by atoms with E-state index < -0.39 is 12.7 Å². The summed E-state index contributed by atoms with van der Waals surface area (Å²) in [6.07, 6.45) is 6.16. The molecule has 3 aromatic carbocycles. The Morgan fingerprint density at radius 1 is 0.605 bits per heavy atom. The van der Waals surface area contributed by atoms with Crippen molar-refractivity contribution in [1.29, 1.82) is 0 Å². The van der Waals surface area contributed by atoms with Gasteiger partial charge >= 0.3 is 12.7 Å². The number of hydrogen-bond acceptors (Lipinski definition) is 2. The highest BCUT2D eigenvalue weighted by molar-refractivity contribution is 5.64. The molecule has 2 nitrogen and oxygen atoms in total.